The van der Waals surface area contributed by atoms with Gasteiger partial charge in [-0.2, -0.15) is 0 Å². The standard InChI is InChI=1S/C12H23N3O3/c1-10(8-12(17)18-3)14-4-6-15(7-5-14)11(16)9-13-2/h10,13H,4-9H2,1-3H3. The summed E-state index contributed by atoms with van der Waals surface area (Å²) in [5.41, 5.74) is 0. The number of methoxy groups -OCH3 is 1. The second-order valence-corrected chi connectivity index (χ2v) is 4.58. The number of amides is 1. The summed E-state index contributed by atoms with van der Waals surface area (Å²) in [4.78, 5) is 27.0. The van der Waals surface area contributed by atoms with Crippen LogP contribution in [0.1, 0.15) is 13.3 Å². The van der Waals surface area contributed by atoms with Gasteiger partial charge in [-0.05, 0) is 14.0 Å². The molecule has 0 spiro atoms. The third kappa shape index (κ3) is 4.27. The molecule has 1 rings (SSSR count). The van der Waals surface area contributed by atoms with E-state index in [-0.39, 0.29) is 17.9 Å². The fraction of sp³-hybridized carbons (Fsp3) is 0.833. The van der Waals surface area contributed by atoms with E-state index in [0.717, 1.165) is 26.2 Å². The number of piperazine rings is 1. The average Bonchev–Trinajstić information content (AvgIpc) is 2.39. The van der Waals surface area contributed by atoms with Crippen LogP contribution in [-0.2, 0) is 14.3 Å². The van der Waals surface area contributed by atoms with Crippen LogP contribution in [0.25, 0.3) is 0 Å². The molecule has 18 heavy (non-hydrogen) atoms. The summed E-state index contributed by atoms with van der Waals surface area (Å²) < 4.78 is 4.66. The highest BCUT2D eigenvalue weighted by Gasteiger charge is 2.24. The van der Waals surface area contributed by atoms with Gasteiger partial charge in [-0.3, -0.25) is 14.5 Å². The molecule has 0 bridgehead atoms. The van der Waals surface area contributed by atoms with Crippen LogP contribution in [-0.4, -0.2) is 74.6 Å². The first kappa shape index (κ1) is 14.9. The molecule has 1 amide bonds. The van der Waals surface area contributed by atoms with E-state index >= 15 is 0 Å². The molecular weight excluding hydrogens is 234 g/mol. The van der Waals surface area contributed by atoms with Gasteiger partial charge in [-0.15, -0.1) is 0 Å². The van der Waals surface area contributed by atoms with Crippen LogP contribution in [0.15, 0.2) is 0 Å². The van der Waals surface area contributed by atoms with E-state index in [1.807, 2.05) is 11.8 Å². The maximum Gasteiger partial charge on any atom is 0.307 e. The zero-order chi connectivity index (χ0) is 13.5. The number of nitrogens with zero attached hydrogens (tertiary/aromatic N) is 2. The minimum Gasteiger partial charge on any atom is -0.469 e. The third-order valence-electron chi connectivity index (χ3n) is 3.31. The fourth-order valence-electron chi connectivity index (χ4n) is 2.13. The molecule has 0 aliphatic carbocycles. The Kier molecular flexibility index (Phi) is 6.07. The number of carbonyl (C=O) groups excluding carboxylic acids is 2. The largest absolute Gasteiger partial charge is 0.469 e. The zero-order valence-corrected chi connectivity index (χ0v) is 11.4. The summed E-state index contributed by atoms with van der Waals surface area (Å²) in [6.07, 6.45) is 0.404. The van der Waals surface area contributed by atoms with E-state index in [2.05, 4.69) is 15.0 Å². The lowest BCUT2D eigenvalue weighted by atomic mass is 10.1. The summed E-state index contributed by atoms with van der Waals surface area (Å²) in [5, 5.41) is 2.87. The second-order valence-electron chi connectivity index (χ2n) is 4.58. The van der Waals surface area contributed by atoms with Gasteiger partial charge in [-0.25, -0.2) is 0 Å². The van der Waals surface area contributed by atoms with Gasteiger partial charge in [0.15, 0.2) is 0 Å². The first-order valence-electron chi connectivity index (χ1n) is 6.31. The van der Waals surface area contributed by atoms with Gasteiger partial charge in [0.25, 0.3) is 0 Å². The first-order valence-corrected chi connectivity index (χ1v) is 6.31. The van der Waals surface area contributed by atoms with E-state index < -0.39 is 0 Å². The predicted octanol–water partition coefficient (Wildman–Crippen LogP) is -0.698. The smallest absolute Gasteiger partial charge is 0.307 e. The van der Waals surface area contributed by atoms with Crippen molar-refractivity contribution in [1.82, 2.24) is 15.1 Å². The van der Waals surface area contributed by atoms with Crippen LogP contribution >= 0.6 is 0 Å². The molecule has 0 aromatic carbocycles. The second kappa shape index (κ2) is 7.33. The molecular formula is C12H23N3O3. The third-order valence-corrected chi connectivity index (χ3v) is 3.31. The van der Waals surface area contributed by atoms with E-state index in [0.29, 0.717) is 13.0 Å². The van der Waals surface area contributed by atoms with Gasteiger partial charge >= 0.3 is 5.97 Å². The van der Waals surface area contributed by atoms with Gasteiger partial charge in [-0.1, -0.05) is 0 Å². The molecule has 104 valence electrons. The summed E-state index contributed by atoms with van der Waals surface area (Å²) in [7, 11) is 3.18. The number of esters is 1. The highest BCUT2D eigenvalue weighted by molar-refractivity contribution is 5.78. The van der Waals surface area contributed by atoms with Crippen molar-refractivity contribution in [3.8, 4) is 0 Å². The normalized spacial score (nSPS) is 18.5. The van der Waals surface area contributed by atoms with Crippen LogP contribution in [0, 0.1) is 0 Å². The molecule has 1 atom stereocenters. The molecule has 1 fully saturated rings. The van der Waals surface area contributed by atoms with Gasteiger partial charge in [0, 0.05) is 32.2 Å². The molecule has 1 aliphatic heterocycles. The Morgan fingerprint density at radius 3 is 2.39 bits per heavy atom. The first-order chi connectivity index (χ1) is 8.58. The summed E-state index contributed by atoms with van der Waals surface area (Å²) in [5.74, 6) is -0.0473. The van der Waals surface area contributed by atoms with Gasteiger partial charge in [0.2, 0.25) is 5.91 Å². The van der Waals surface area contributed by atoms with Crippen molar-refractivity contribution < 1.29 is 14.3 Å². The molecule has 1 unspecified atom stereocenters. The van der Waals surface area contributed by atoms with Crippen LogP contribution in [0.4, 0.5) is 0 Å². The zero-order valence-electron chi connectivity index (χ0n) is 11.4. The summed E-state index contributed by atoms with van der Waals surface area (Å²) in [6, 6.07) is 0.166. The lowest BCUT2D eigenvalue weighted by molar-refractivity contribution is -0.142. The van der Waals surface area contributed by atoms with E-state index in [9.17, 15) is 9.59 Å². The van der Waals surface area contributed by atoms with Gasteiger partial charge < -0.3 is 15.0 Å². The highest BCUT2D eigenvalue weighted by Crippen LogP contribution is 2.09. The topological polar surface area (TPSA) is 61.9 Å². The number of ether oxygens (including phenoxy) is 1. The highest BCUT2D eigenvalue weighted by atomic mass is 16.5. The molecule has 1 heterocycles. The lowest BCUT2D eigenvalue weighted by Crippen LogP contribution is -2.53. The fourth-order valence-corrected chi connectivity index (χ4v) is 2.13. The number of likely N-dealkylation sites (N-methyl/N-ethyl adjacent to an activating group) is 1. The van der Waals surface area contributed by atoms with E-state index in [4.69, 9.17) is 0 Å². The molecule has 0 radical (unpaired) electrons. The van der Waals surface area contributed by atoms with Crippen molar-refractivity contribution in [1.29, 1.82) is 0 Å². The van der Waals surface area contributed by atoms with Crippen molar-refractivity contribution in [2.24, 2.45) is 0 Å². The average molecular weight is 257 g/mol. The monoisotopic (exact) mass is 257 g/mol. The van der Waals surface area contributed by atoms with Crippen LogP contribution in [0.5, 0.6) is 0 Å². The molecule has 0 saturated carbocycles. The molecule has 6 heteroatoms. The molecule has 1 saturated heterocycles. The van der Waals surface area contributed by atoms with E-state index in [1.54, 1.807) is 7.05 Å². The number of carbonyl (C=O) groups is 2. The molecule has 1 N–H and O–H groups in total. The van der Waals surface area contributed by atoms with E-state index in [1.165, 1.54) is 7.11 Å². The number of rotatable bonds is 5. The Bertz CT molecular complexity index is 288. The Hall–Kier alpha value is -1.14. The predicted molar refractivity (Wildman–Crippen MR) is 68.2 cm³/mol. The SMILES string of the molecule is CNCC(=O)N1CCN(C(C)CC(=O)OC)CC1. The Labute approximate surface area is 108 Å². The number of hydrogen-bond acceptors (Lipinski definition) is 5. The van der Waals surface area contributed by atoms with Crippen molar-refractivity contribution in [3.05, 3.63) is 0 Å². The molecule has 1 aliphatic rings. The van der Waals surface area contributed by atoms with Crippen LogP contribution in [0.2, 0.25) is 0 Å². The summed E-state index contributed by atoms with van der Waals surface area (Å²) >= 11 is 0. The van der Waals surface area contributed by atoms with Crippen molar-refractivity contribution in [2.45, 2.75) is 19.4 Å². The van der Waals surface area contributed by atoms with Crippen LogP contribution in [0.3, 0.4) is 0 Å². The minimum atomic E-state index is -0.184. The van der Waals surface area contributed by atoms with Gasteiger partial charge in [0.05, 0.1) is 20.1 Å². The van der Waals surface area contributed by atoms with Crippen molar-refractivity contribution >= 4 is 11.9 Å². The molecule has 0 aromatic heterocycles. The lowest BCUT2D eigenvalue weighted by Gasteiger charge is -2.37. The Morgan fingerprint density at radius 2 is 1.89 bits per heavy atom. The molecule has 0 aromatic rings. The maximum atomic E-state index is 11.7. The van der Waals surface area contributed by atoms with Crippen molar-refractivity contribution in [3.63, 3.8) is 0 Å². The van der Waals surface area contributed by atoms with Gasteiger partial charge in [0.1, 0.15) is 0 Å². The number of nitrogens with one attached hydrogen (secondary N) is 1. The summed E-state index contributed by atoms with van der Waals surface area (Å²) in [6.45, 7) is 5.49. The quantitative estimate of drug-likeness (QED) is 0.660. The number of hydrogen-bond donors (Lipinski definition) is 1. The molecule has 6 nitrogen and oxygen atoms in total. The maximum absolute atomic E-state index is 11.7. The minimum absolute atomic E-state index is 0.137. The Morgan fingerprint density at radius 1 is 1.28 bits per heavy atom. The Balaban J connectivity index is 2.34. The van der Waals surface area contributed by atoms with Crippen molar-refractivity contribution in [2.75, 3.05) is 46.9 Å². The van der Waals surface area contributed by atoms with Crippen LogP contribution < -0.4 is 5.32 Å².